The van der Waals surface area contributed by atoms with Gasteiger partial charge in [0.05, 0.1) is 31.6 Å². The molecule has 160 valence electrons. The topological polar surface area (TPSA) is 69.7 Å². The van der Waals surface area contributed by atoms with Crippen molar-refractivity contribution in [1.82, 2.24) is 4.98 Å². The predicted molar refractivity (Wildman–Crippen MR) is 120 cm³/mol. The lowest BCUT2D eigenvalue weighted by atomic mass is 9.98. The monoisotopic (exact) mass is 418 g/mol. The second-order valence-electron chi connectivity index (χ2n) is 7.71. The van der Waals surface area contributed by atoms with E-state index < -0.39 is 0 Å². The maximum atomic E-state index is 12.7. The summed E-state index contributed by atoms with van der Waals surface area (Å²) in [5.74, 6) is 2.24. The summed E-state index contributed by atoms with van der Waals surface area (Å²) in [6.45, 7) is 5.51. The Kier molecular flexibility index (Phi) is 6.07. The largest absolute Gasteiger partial charge is 0.496 e. The smallest absolute Gasteiger partial charge is 0.257 e. The van der Waals surface area contributed by atoms with Gasteiger partial charge < -0.3 is 19.5 Å². The zero-order valence-electron chi connectivity index (χ0n) is 18.0. The van der Waals surface area contributed by atoms with Crippen LogP contribution in [-0.2, 0) is 0 Å². The highest BCUT2D eigenvalue weighted by molar-refractivity contribution is 6.04. The first-order valence-electron chi connectivity index (χ1n) is 10.4. The Hall–Kier alpha value is -3.54. The highest BCUT2D eigenvalue weighted by Gasteiger charge is 2.14. The molecule has 1 aromatic heterocycles. The van der Waals surface area contributed by atoms with E-state index in [1.165, 1.54) is 5.56 Å². The number of hydrogen-bond donors (Lipinski definition) is 1. The number of pyridine rings is 1. The fourth-order valence-electron chi connectivity index (χ4n) is 3.42. The van der Waals surface area contributed by atoms with Gasteiger partial charge in [-0.15, -0.1) is 0 Å². The molecule has 1 N–H and O–H groups in total. The van der Waals surface area contributed by atoms with Crippen molar-refractivity contribution in [2.24, 2.45) is 0 Å². The number of amides is 1. The molecule has 0 atom stereocenters. The Labute approximate surface area is 182 Å². The van der Waals surface area contributed by atoms with Crippen molar-refractivity contribution in [3.05, 3.63) is 65.9 Å². The number of aromatic nitrogens is 1. The van der Waals surface area contributed by atoms with E-state index in [-0.39, 0.29) is 5.91 Å². The molecule has 0 saturated heterocycles. The van der Waals surface area contributed by atoms with Crippen LogP contribution in [0.1, 0.15) is 42.1 Å². The van der Waals surface area contributed by atoms with Crippen molar-refractivity contribution in [1.29, 1.82) is 0 Å². The van der Waals surface area contributed by atoms with Gasteiger partial charge in [-0.1, -0.05) is 19.9 Å². The second-order valence-corrected chi connectivity index (χ2v) is 7.71. The molecule has 0 radical (unpaired) electrons. The Morgan fingerprint density at radius 1 is 1.03 bits per heavy atom. The van der Waals surface area contributed by atoms with E-state index in [0.717, 1.165) is 23.4 Å². The lowest BCUT2D eigenvalue weighted by Gasteiger charge is -2.13. The Balaban J connectivity index is 1.53. The number of carbonyl (C=O) groups excluding carboxylic acids is 1. The van der Waals surface area contributed by atoms with Crippen LogP contribution in [0, 0.1) is 0 Å². The molecule has 3 aromatic rings. The number of nitrogens with zero attached hydrogens (tertiary/aromatic N) is 1. The van der Waals surface area contributed by atoms with E-state index in [2.05, 4.69) is 36.3 Å². The molecular weight excluding hydrogens is 392 g/mol. The van der Waals surface area contributed by atoms with Crippen molar-refractivity contribution < 1.29 is 19.0 Å². The maximum absolute atomic E-state index is 12.7. The van der Waals surface area contributed by atoms with Gasteiger partial charge in [0.25, 0.3) is 5.91 Å². The highest BCUT2D eigenvalue weighted by atomic mass is 16.5. The van der Waals surface area contributed by atoms with Crippen LogP contribution in [0.15, 0.2) is 54.7 Å². The minimum Gasteiger partial charge on any atom is -0.496 e. The van der Waals surface area contributed by atoms with Crippen LogP contribution in [-0.4, -0.2) is 31.2 Å². The second kappa shape index (κ2) is 9.08. The molecule has 4 rings (SSSR count). The maximum Gasteiger partial charge on any atom is 0.257 e. The molecule has 2 heterocycles. The van der Waals surface area contributed by atoms with Gasteiger partial charge in [0.15, 0.2) is 11.5 Å². The van der Waals surface area contributed by atoms with E-state index in [9.17, 15) is 4.79 Å². The van der Waals surface area contributed by atoms with Crippen LogP contribution in [0.4, 0.5) is 5.69 Å². The van der Waals surface area contributed by atoms with Crippen molar-refractivity contribution in [2.45, 2.75) is 26.2 Å². The van der Waals surface area contributed by atoms with Gasteiger partial charge in [-0.3, -0.25) is 9.78 Å². The molecule has 0 unspecified atom stereocenters. The third-order valence-electron chi connectivity index (χ3n) is 5.20. The molecular formula is C25H26N2O4. The normalized spacial score (nSPS) is 12.9. The highest BCUT2D eigenvalue weighted by Crippen LogP contribution is 2.33. The van der Waals surface area contributed by atoms with E-state index >= 15 is 0 Å². The first kappa shape index (κ1) is 20.7. The lowest BCUT2D eigenvalue weighted by molar-refractivity contribution is 0.102. The number of benzene rings is 2. The molecule has 31 heavy (non-hydrogen) atoms. The third-order valence-corrected chi connectivity index (χ3v) is 5.20. The van der Waals surface area contributed by atoms with Crippen LogP contribution in [0.2, 0.25) is 0 Å². The first-order chi connectivity index (χ1) is 15.0. The minimum atomic E-state index is -0.239. The summed E-state index contributed by atoms with van der Waals surface area (Å²) in [5.41, 5.74) is 3.98. The third kappa shape index (κ3) is 4.63. The number of anilines is 1. The zero-order valence-corrected chi connectivity index (χ0v) is 18.0. The minimum absolute atomic E-state index is 0.239. The molecule has 0 aliphatic carbocycles. The Bertz CT molecular complexity index is 1080. The number of carbonyl (C=O) groups is 1. The number of hydrogen-bond acceptors (Lipinski definition) is 5. The summed E-state index contributed by atoms with van der Waals surface area (Å²) in [6, 6.07) is 15.1. The van der Waals surface area contributed by atoms with Gasteiger partial charge in [0.2, 0.25) is 0 Å². The summed E-state index contributed by atoms with van der Waals surface area (Å²) in [7, 11) is 1.64. The summed E-state index contributed by atoms with van der Waals surface area (Å²) >= 11 is 0. The SMILES string of the molecule is COc1ccc(C(C)C)cc1-c1ccc(C(=O)Nc2ccc3c(c2)OCCCO3)cn1. The zero-order chi connectivity index (χ0) is 21.8. The van der Waals surface area contributed by atoms with Gasteiger partial charge in [0, 0.05) is 29.9 Å². The lowest BCUT2D eigenvalue weighted by Crippen LogP contribution is -2.12. The fourth-order valence-corrected chi connectivity index (χ4v) is 3.42. The molecule has 1 aliphatic rings. The molecule has 6 heteroatoms. The standard InChI is InChI=1S/C25H26N2O4/c1-16(2)17-6-9-22(29-3)20(13-17)21-8-5-18(15-26-21)25(28)27-19-7-10-23-24(14-19)31-12-4-11-30-23/h5-10,13-16H,4,11-12H2,1-3H3,(H,27,28). The molecule has 0 spiro atoms. The van der Waals surface area contributed by atoms with Crippen molar-refractivity contribution in [2.75, 3.05) is 25.6 Å². The van der Waals surface area contributed by atoms with Crippen LogP contribution in [0.3, 0.4) is 0 Å². The molecule has 2 aromatic carbocycles. The van der Waals surface area contributed by atoms with Gasteiger partial charge in [-0.2, -0.15) is 0 Å². The number of rotatable bonds is 5. The van der Waals surface area contributed by atoms with Crippen LogP contribution < -0.4 is 19.5 Å². The number of methoxy groups -OCH3 is 1. The van der Waals surface area contributed by atoms with Crippen LogP contribution in [0.5, 0.6) is 17.2 Å². The summed E-state index contributed by atoms with van der Waals surface area (Å²) in [5, 5.41) is 2.90. The average Bonchev–Trinajstić information content (AvgIpc) is 3.03. The van der Waals surface area contributed by atoms with E-state index in [0.29, 0.717) is 41.9 Å². The van der Waals surface area contributed by atoms with Gasteiger partial charge >= 0.3 is 0 Å². The molecule has 0 saturated carbocycles. The summed E-state index contributed by atoms with van der Waals surface area (Å²) in [4.78, 5) is 17.2. The van der Waals surface area contributed by atoms with Crippen molar-refractivity contribution in [3.63, 3.8) is 0 Å². The van der Waals surface area contributed by atoms with Crippen molar-refractivity contribution in [3.8, 4) is 28.5 Å². The summed E-state index contributed by atoms with van der Waals surface area (Å²) < 4.78 is 16.8. The van der Waals surface area contributed by atoms with E-state index in [4.69, 9.17) is 14.2 Å². The molecule has 0 bridgehead atoms. The van der Waals surface area contributed by atoms with Crippen LogP contribution >= 0.6 is 0 Å². The Morgan fingerprint density at radius 3 is 2.55 bits per heavy atom. The average molecular weight is 418 g/mol. The fraction of sp³-hybridized carbons (Fsp3) is 0.280. The van der Waals surface area contributed by atoms with Crippen LogP contribution in [0.25, 0.3) is 11.3 Å². The van der Waals surface area contributed by atoms with Gasteiger partial charge in [0.1, 0.15) is 5.75 Å². The predicted octanol–water partition coefficient (Wildman–Crippen LogP) is 5.29. The van der Waals surface area contributed by atoms with E-state index in [1.54, 1.807) is 31.5 Å². The first-order valence-corrected chi connectivity index (χ1v) is 10.4. The van der Waals surface area contributed by atoms with E-state index in [1.807, 2.05) is 18.2 Å². The number of ether oxygens (including phenoxy) is 3. The quantitative estimate of drug-likeness (QED) is 0.609. The summed E-state index contributed by atoms with van der Waals surface area (Å²) in [6.07, 6.45) is 2.41. The number of nitrogens with one attached hydrogen (secondary N) is 1. The molecule has 1 amide bonds. The van der Waals surface area contributed by atoms with Gasteiger partial charge in [-0.05, 0) is 47.9 Å². The van der Waals surface area contributed by atoms with Gasteiger partial charge in [-0.25, -0.2) is 0 Å². The Morgan fingerprint density at radius 2 is 1.84 bits per heavy atom. The molecule has 1 aliphatic heterocycles. The van der Waals surface area contributed by atoms with Crippen molar-refractivity contribution >= 4 is 11.6 Å². The molecule has 0 fully saturated rings. The number of fused-ring (bicyclic) bond motifs is 1. The molecule has 6 nitrogen and oxygen atoms in total.